The molecular formula is C14H14N2O2S2. The summed E-state index contributed by atoms with van der Waals surface area (Å²) in [6.07, 6.45) is 1.73. The highest BCUT2D eigenvalue weighted by atomic mass is 32.2. The Balaban J connectivity index is 1.86. The van der Waals surface area contributed by atoms with Crippen LogP contribution < -0.4 is 9.64 Å². The highest BCUT2D eigenvalue weighted by Crippen LogP contribution is 2.42. The number of aromatic nitrogens is 1. The Labute approximate surface area is 125 Å². The lowest BCUT2D eigenvalue weighted by atomic mass is 10.2. The molecule has 1 aromatic carbocycles. The van der Waals surface area contributed by atoms with Gasteiger partial charge in [0.25, 0.3) is 0 Å². The maximum Gasteiger partial charge on any atom is 0.240 e. The minimum atomic E-state index is 0.00401. The van der Waals surface area contributed by atoms with Crippen LogP contribution in [-0.2, 0) is 4.79 Å². The zero-order chi connectivity index (χ0) is 13.9. The second-order valence-electron chi connectivity index (χ2n) is 4.24. The lowest BCUT2D eigenvalue weighted by Crippen LogP contribution is -2.27. The van der Waals surface area contributed by atoms with Gasteiger partial charge in [0.2, 0.25) is 5.91 Å². The van der Waals surface area contributed by atoms with E-state index in [-0.39, 0.29) is 11.3 Å². The van der Waals surface area contributed by atoms with Gasteiger partial charge in [0, 0.05) is 11.6 Å². The average molecular weight is 306 g/mol. The first kappa shape index (κ1) is 13.5. The highest BCUT2D eigenvalue weighted by Gasteiger charge is 2.35. The van der Waals surface area contributed by atoms with Crippen LogP contribution in [0.15, 0.2) is 35.8 Å². The van der Waals surface area contributed by atoms with Crippen LogP contribution in [0.4, 0.5) is 5.13 Å². The molecular weight excluding hydrogens is 292 g/mol. The Morgan fingerprint density at radius 2 is 2.20 bits per heavy atom. The summed E-state index contributed by atoms with van der Waals surface area (Å²) in [5.41, 5.74) is 1.10. The van der Waals surface area contributed by atoms with Gasteiger partial charge in [-0.25, -0.2) is 4.98 Å². The largest absolute Gasteiger partial charge is 0.494 e. The molecule has 20 heavy (non-hydrogen) atoms. The van der Waals surface area contributed by atoms with E-state index in [0.717, 1.165) is 16.4 Å². The molecule has 0 saturated carbocycles. The maximum absolute atomic E-state index is 12.1. The summed E-state index contributed by atoms with van der Waals surface area (Å²) >= 11 is 3.12. The van der Waals surface area contributed by atoms with Crippen molar-refractivity contribution in [1.82, 2.24) is 4.98 Å². The molecule has 0 N–H and O–H groups in total. The smallest absolute Gasteiger partial charge is 0.240 e. The predicted molar refractivity (Wildman–Crippen MR) is 82.4 cm³/mol. The van der Waals surface area contributed by atoms with Crippen LogP contribution in [-0.4, -0.2) is 23.3 Å². The van der Waals surface area contributed by atoms with E-state index in [2.05, 4.69) is 4.98 Å². The number of rotatable bonds is 4. The Morgan fingerprint density at radius 3 is 2.85 bits per heavy atom. The topological polar surface area (TPSA) is 42.4 Å². The van der Waals surface area contributed by atoms with Crippen molar-refractivity contribution < 1.29 is 9.53 Å². The lowest BCUT2D eigenvalue weighted by molar-refractivity contribution is -0.115. The first-order valence-corrected chi connectivity index (χ1v) is 8.28. The fourth-order valence-electron chi connectivity index (χ4n) is 2.11. The van der Waals surface area contributed by atoms with Gasteiger partial charge in [-0.15, -0.1) is 23.1 Å². The Hall–Kier alpha value is -1.53. The van der Waals surface area contributed by atoms with Crippen LogP contribution in [0.1, 0.15) is 17.9 Å². The number of amides is 1. The molecule has 4 nitrogen and oxygen atoms in total. The molecule has 3 rings (SSSR count). The molecule has 1 aliphatic rings. The third-order valence-corrected chi connectivity index (χ3v) is 4.95. The van der Waals surface area contributed by atoms with Crippen molar-refractivity contribution in [3.8, 4) is 5.75 Å². The normalized spacial score (nSPS) is 18.6. The van der Waals surface area contributed by atoms with Crippen LogP contribution >= 0.6 is 23.1 Å². The highest BCUT2D eigenvalue weighted by molar-refractivity contribution is 8.00. The van der Waals surface area contributed by atoms with Gasteiger partial charge < -0.3 is 4.74 Å². The van der Waals surface area contributed by atoms with Gasteiger partial charge >= 0.3 is 0 Å². The third-order valence-electron chi connectivity index (χ3n) is 2.97. The van der Waals surface area contributed by atoms with Crippen molar-refractivity contribution in [3.05, 3.63) is 41.4 Å². The molecule has 1 fully saturated rings. The number of carbonyl (C=O) groups is 1. The molecule has 1 amide bonds. The number of hydrogen-bond donors (Lipinski definition) is 0. The molecule has 0 spiro atoms. The van der Waals surface area contributed by atoms with Gasteiger partial charge in [0.15, 0.2) is 5.13 Å². The number of carbonyl (C=O) groups excluding carboxylic acids is 1. The minimum absolute atomic E-state index is 0.00401. The molecule has 0 radical (unpaired) electrons. The number of ether oxygens (including phenoxy) is 1. The van der Waals surface area contributed by atoms with E-state index in [1.54, 1.807) is 22.9 Å². The number of nitrogens with zero attached hydrogens (tertiary/aromatic N) is 2. The Bertz CT molecular complexity index is 584. The summed E-state index contributed by atoms with van der Waals surface area (Å²) < 4.78 is 5.45. The van der Waals surface area contributed by atoms with E-state index in [0.29, 0.717) is 12.4 Å². The third kappa shape index (κ3) is 2.53. The summed E-state index contributed by atoms with van der Waals surface area (Å²) in [6.45, 7) is 2.62. The number of benzene rings is 1. The number of thiazole rings is 1. The standard InChI is InChI=1S/C14H14N2O2S2/c1-2-18-11-5-3-10(4-6-11)13-16(12(17)9-20-13)14-15-7-8-19-14/h3-8,13H,2,9H2,1H3. The molecule has 104 valence electrons. The zero-order valence-corrected chi connectivity index (χ0v) is 12.6. The van der Waals surface area contributed by atoms with E-state index in [1.165, 1.54) is 11.3 Å². The SMILES string of the molecule is CCOc1ccc(C2SCC(=O)N2c2nccs2)cc1. The van der Waals surface area contributed by atoms with E-state index >= 15 is 0 Å². The van der Waals surface area contributed by atoms with Gasteiger partial charge in [-0.3, -0.25) is 9.69 Å². The number of anilines is 1. The fraction of sp³-hybridized carbons (Fsp3) is 0.286. The van der Waals surface area contributed by atoms with Gasteiger partial charge in [0.1, 0.15) is 11.1 Å². The van der Waals surface area contributed by atoms with E-state index in [4.69, 9.17) is 4.74 Å². The molecule has 1 unspecified atom stereocenters. The first-order chi connectivity index (χ1) is 9.79. The second-order valence-corrected chi connectivity index (χ2v) is 6.19. The molecule has 1 saturated heterocycles. The average Bonchev–Trinajstić information content (AvgIpc) is 3.09. The quantitative estimate of drug-likeness (QED) is 0.869. The molecule has 1 aromatic heterocycles. The van der Waals surface area contributed by atoms with Crippen molar-refractivity contribution in [2.24, 2.45) is 0 Å². The van der Waals surface area contributed by atoms with Crippen LogP contribution in [0, 0.1) is 0 Å². The molecule has 0 bridgehead atoms. The van der Waals surface area contributed by atoms with Gasteiger partial charge in [0.05, 0.1) is 12.4 Å². The monoisotopic (exact) mass is 306 g/mol. The molecule has 1 atom stereocenters. The van der Waals surface area contributed by atoms with Gasteiger partial charge in [-0.05, 0) is 24.6 Å². The van der Waals surface area contributed by atoms with E-state index in [9.17, 15) is 4.79 Å². The summed E-state index contributed by atoms with van der Waals surface area (Å²) in [7, 11) is 0. The van der Waals surface area contributed by atoms with Crippen LogP contribution in [0.5, 0.6) is 5.75 Å². The summed E-state index contributed by atoms with van der Waals surface area (Å²) in [6, 6.07) is 7.92. The van der Waals surface area contributed by atoms with Crippen molar-refractivity contribution >= 4 is 34.1 Å². The number of hydrogen-bond acceptors (Lipinski definition) is 5. The van der Waals surface area contributed by atoms with Crippen molar-refractivity contribution in [3.63, 3.8) is 0 Å². The zero-order valence-electron chi connectivity index (χ0n) is 11.0. The van der Waals surface area contributed by atoms with Gasteiger partial charge in [-0.2, -0.15) is 0 Å². The molecule has 1 aliphatic heterocycles. The Kier molecular flexibility index (Phi) is 3.93. The van der Waals surface area contributed by atoms with Crippen molar-refractivity contribution in [2.75, 3.05) is 17.3 Å². The Morgan fingerprint density at radius 1 is 1.40 bits per heavy atom. The number of thioether (sulfide) groups is 1. The summed E-state index contributed by atoms with van der Waals surface area (Å²) in [4.78, 5) is 18.1. The predicted octanol–water partition coefficient (Wildman–Crippen LogP) is 3.32. The molecule has 6 heteroatoms. The van der Waals surface area contributed by atoms with Crippen LogP contribution in [0.2, 0.25) is 0 Å². The van der Waals surface area contributed by atoms with Gasteiger partial charge in [-0.1, -0.05) is 12.1 Å². The molecule has 0 aliphatic carbocycles. The molecule has 2 aromatic rings. The lowest BCUT2D eigenvalue weighted by Gasteiger charge is -2.21. The summed E-state index contributed by atoms with van der Waals surface area (Å²) in [5.74, 6) is 1.47. The second kappa shape index (κ2) is 5.85. The maximum atomic E-state index is 12.1. The molecule has 2 heterocycles. The van der Waals surface area contributed by atoms with Crippen LogP contribution in [0.25, 0.3) is 0 Å². The first-order valence-electron chi connectivity index (χ1n) is 6.35. The summed E-state index contributed by atoms with van der Waals surface area (Å²) in [5, 5.41) is 2.66. The van der Waals surface area contributed by atoms with Crippen molar-refractivity contribution in [1.29, 1.82) is 0 Å². The van der Waals surface area contributed by atoms with Crippen LogP contribution in [0.3, 0.4) is 0 Å². The van der Waals surface area contributed by atoms with E-state index in [1.807, 2.05) is 36.6 Å². The minimum Gasteiger partial charge on any atom is -0.494 e. The van der Waals surface area contributed by atoms with E-state index < -0.39 is 0 Å². The fourth-order valence-corrected chi connectivity index (χ4v) is 4.02. The van der Waals surface area contributed by atoms with Crippen molar-refractivity contribution in [2.45, 2.75) is 12.3 Å².